The van der Waals surface area contributed by atoms with E-state index >= 15 is 0 Å². The molecule has 0 aliphatic heterocycles. The van der Waals surface area contributed by atoms with Crippen LogP contribution < -0.4 is 0 Å². The van der Waals surface area contributed by atoms with Crippen LogP contribution in [-0.2, 0) is 7.05 Å². The fourth-order valence-electron chi connectivity index (χ4n) is 2.02. The third kappa shape index (κ3) is 3.28. The van der Waals surface area contributed by atoms with Gasteiger partial charge >= 0.3 is 0 Å². The van der Waals surface area contributed by atoms with Crippen molar-refractivity contribution in [2.75, 3.05) is 5.88 Å². The summed E-state index contributed by atoms with van der Waals surface area (Å²) in [5, 5.41) is 0.973. The minimum absolute atomic E-state index is 0.0246. The van der Waals surface area contributed by atoms with Crippen molar-refractivity contribution >= 4 is 28.3 Å². The van der Waals surface area contributed by atoms with Crippen LogP contribution >= 0.6 is 11.6 Å². The molecular formula is C17H16ClNO. The van der Waals surface area contributed by atoms with Gasteiger partial charge in [0, 0.05) is 29.7 Å². The first-order valence-electron chi connectivity index (χ1n) is 6.37. The molecule has 0 spiro atoms. The van der Waals surface area contributed by atoms with E-state index in [9.17, 15) is 4.79 Å². The average Bonchev–Trinajstić information content (AvgIpc) is 2.87. The first-order chi connectivity index (χ1) is 9.74. The van der Waals surface area contributed by atoms with Crippen LogP contribution in [0.2, 0.25) is 0 Å². The van der Waals surface area contributed by atoms with E-state index < -0.39 is 0 Å². The van der Waals surface area contributed by atoms with Gasteiger partial charge in [-0.3, -0.25) is 4.79 Å². The molecule has 0 unspecified atom stereocenters. The van der Waals surface area contributed by atoms with Crippen LogP contribution in [0.3, 0.4) is 0 Å². The maximum Gasteiger partial charge on any atom is 0.179 e. The van der Waals surface area contributed by atoms with Gasteiger partial charge in [0.15, 0.2) is 5.78 Å². The molecule has 0 saturated carbocycles. The van der Waals surface area contributed by atoms with Gasteiger partial charge in [0.05, 0.1) is 5.88 Å². The van der Waals surface area contributed by atoms with E-state index in [1.165, 1.54) is 0 Å². The molecule has 1 aromatic heterocycles. The predicted octanol–water partition coefficient (Wildman–Crippen LogP) is 4.29. The van der Waals surface area contributed by atoms with Crippen molar-refractivity contribution < 1.29 is 4.79 Å². The standard InChI is InChI=1S/C11H10ClNO.C6H6/c1-13-7-9(11(14)6-12)8-4-2-3-5-10(8)13;1-2-4-6-5-3-1/h2-5,7H,6H2,1H3;1-6H. The Morgan fingerprint density at radius 3 is 2.10 bits per heavy atom. The van der Waals surface area contributed by atoms with E-state index in [4.69, 9.17) is 11.6 Å². The zero-order chi connectivity index (χ0) is 14.4. The Hall–Kier alpha value is -2.06. The number of hydrogen-bond donors (Lipinski definition) is 0. The summed E-state index contributed by atoms with van der Waals surface area (Å²) in [7, 11) is 1.92. The third-order valence-corrected chi connectivity index (χ3v) is 3.23. The van der Waals surface area contributed by atoms with Crippen molar-refractivity contribution in [1.29, 1.82) is 0 Å². The van der Waals surface area contributed by atoms with Crippen molar-refractivity contribution in [3.63, 3.8) is 0 Å². The molecular weight excluding hydrogens is 270 g/mol. The number of ketones is 1. The molecule has 0 fully saturated rings. The molecule has 3 aromatic rings. The molecule has 20 heavy (non-hydrogen) atoms. The van der Waals surface area contributed by atoms with E-state index in [0.29, 0.717) is 5.56 Å². The van der Waals surface area contributed by atoms with Gasteiger partial charge in [-0.05, 0) is 6.07 Å². The number of aromatic nitrogens is 1. The summed E-state index contributed by atoms with van der Waals surface area (Å²) in [5.41, 5.74) is 1.76. The lowest BCUT2D eigenvalue weighted by Gasteiger charge is -1.93. The summed E-state index contributed by atoms with van der Waals surface area (Å²) in [6.45, 7) is 0. The minimum Gasteiger partial charge on any atom is -0.350 e. The molecule has 3 heteroatoms. The quantitative estimate of drug-likeness (QED) is 0.509. The van der Waals surface area contributed by atoms with Crippen LogP contribution in [0.25, 0.3) is 10.9 Å². The normalized spacial score (nSPS) is 9.90. The second kappa shape index (κ2) is 6.92. The monoisotopic (exact) mass is 285 g/mol. The zero-order valence-corrected chi connectivity index (χ0v) is 12.0. The molecule has 0 radical (unpaired) electrons. The number of alkyl halides is 1. The molecule has 0 aliphatic rings. The molecule has 0 N–H and O–H groups in total. The molecule has 0 saturated heterocycles. The minimum atomic E-state index is -0.0246. The molecule has 0 atom stereocenters. The lowest BCUT2D eigenvalue weighted by Crippen LogP contribution is -1.98. The van der Waals surface area contributed by atoms with Gasteiger partial charge in [0.1, 0.15) is 0 Å². The molecule has 0 amide bonds. The van der Waals surface area contributed by atoms with Gasteiger partial charge in [-0.2, -0.15) is 0 Å². The number of halogens is 1. The van der Waals surface area contributed by atoms with Crippen LogP contribution in [0.4, 0.5) is 0 Å². The maximum absolute atomic E-state index is 11.5. The Bertz CT molecular complexity index is 662. The molecule has 0 aliphatic carbocycles. The molecule has 2 nitrogen and oxygen atoms in total. The molecule has 1 heterocycles. The highest BCUT2D eigenvalue weighted by molar-refractivity contribution is 6.32. The number of carbonyl (C=O) groups is 1. The van der Waals surface area contributed by atoms with Crippen molar-refractivity contribution in [2.45, 2.75) is 0 Å². The predicted molar refractivity (Wildman–Crippen MR) is 84.4 cm³/mol. The first kappa shape index (κ1) is 14.4. The number of aryl methyl sites for hydroxylation is 1. The molecule has 3 rings (SSSR count). The Kier molecular flexibility index (Phi) is 4.97. The topological polar surface area (TPSA) is 22.0 Å². The number of hydrogen-bond acceptors (Lipinski definition) is 1. The number of carbonyl (C=O) groups excluding carboxylic acids is 1. The number of fused-ring (bicyclic) bond motifs is 1. The highest BCUT2D eigenvalue weighted by Gasteiger charge is 2.11. The van der Waals surface area contributed by atoms with Gasteiger partial charge in [-0.15, -0.1) is 11.6 Å². The van der Waals surface area contributed by atoms with Crippen molar-refractivity contribution in [3.05, 3.63) is 72.4 Å². The van der Waals surface area contributed by atoms with Crippen molar-refractivity contribution in [3.8, 4) is 0 Å². The summed E-state index contributed by atoms with van der Waals surface area (Å²) in [4.78, 5) is 11.5. The smallest absolute Gasteiger partial charge is 0.179 e. The average molecular weight is 286 g/mol. The van der Waals surface area contributed by atoms with Crippen molar-refractivity contribution in [1.82, 2.24) is 4.57 Å². The second-order valence-electron chi connectivity index (χ2n) is 4.38. The number of nitrogens with zero attached hydrogens (tertiary/aromatic N) is 1. The lowest BCUT2D eigenvalue weighted by atomic mass is 10.1. The molecule has 0 bridgehead atoms. The van der Waals surface area contributed by atoms with Crippen LogP contribution in [0.15, 0.2) is 66.9 Å². The maximum atomic E-state index is 11.5. The lowest BCUT2D eigenvalue weighted by molar-refractivity contribution is 0.102. The van der Waals surface area contributed by atoms with E-state index in [1.54, 1.807) is 0 Å². The van der Waals surface area contributed by atoms with E-state index in [2.05, 4.69) is 0 Å². The van der Waals surface area contributed by atoms with Crippen LogP contribution in [0.1, 0.15) is 10.4 Å². The fraction of sp³-hybridized carbons (Fsp3) is 0.118. The van der Waals surface area contributed by atoms with Crippen molar-refractivity contribution in [2.24, 2.45) is 7.05 Å². The number of benzene rings is 2. The van der Waals surface area contributed by atoms with Crippen LogP contribution in [0, 0.1) is 0 Å². The Morgan fingerprint density at radius 2 is 1.55 bits per heavy atom. The third-order valence-electron chi connectivity index (χ3n) is 2.99. The Morgan fingerprint density at radius 1 is 1.00 bits per heavy atom. The van der Waals surface area contributed by atoms with Crippen LogP contribution in [0.5, 0.6) is 0 Å². The SMILES string of the molecule is Cn1cc(C(=O)CCl)c2ccccc21.c1ccccc1. The van der Waals surface area contributed by atoms with Gasteiger partial charge in [0.2, 0.25) is 0 Å². The second-order valence-corrected chi connectivity index (χ2v) is 4.65. The van der Waals surface area contributed by atoms with Crippen LogP contribution in [-0.4, -0.2) is 16.2 Å². The Balaban J connectivity index is 0.000000205. The van der Waals surface area contributed by atoms with Gasteiger partial charge in [0.25, 0.3) is 0 Å². The zero-order valence-electron chi connectivity index (χ0n) is 11.3. The summed E-state index contributed by atoms with van der Waals surface area (Å²) in [6.07, 6.45) is 1.83. The highest BCUT2D eigenvalue weighted by Crippen LogP contribution is 2.20. The number of Topliss-reactive ketones (excluding diaryl/α,β-unsaturated/α-hetero) is 1. The summed E-state index contributed by atoms with van der Waals surface area (Å²) < 4.78 is 1.94. The summed E-state index contributed by atoms with van der Waals surface area (Å²) >= 11 is 5.54. The first-order valence-corrected chi connectivity index (χ1v) is 6.90. The van der Waals surface area contributed by atoms with Gasteiger partial charge in [-0.1, -0.05) is 54.6 Å². The van der Waals surface area contributed by atoms with Gasteiger partial charge < -0.3 is 4.57 Å². The Labute approximate surface area is 123 Å². The van der Waals surface area contributed by atoms with E-state index in [0.717, 1.165) is 10.9 Å². The van der Waals surface area contributed by atoms with Gasteiger partial charge in [-0.25, -0.2) is 0 Å². The van der Waals surface area contributed by atoms with E-state index in [1.807, 2.05) is 78.5 Å². The molecule has 2 aromatic carbocycles. The number of rotatable bonds is 2. The molecule has 102 valence electrons. The summed E-state index contributed by atoms with van der Waals surface area (Å²) in [6, 6.07) is 19.8. The largest absolute Gasteiger partial charge is 0.350 e. The highest BCUT2D eigenvalue weighted by atomic mass is 35.5. The number of para-hydroxylation sites is 1. The summed E-state index contributed by atoms with van der Waals surface area (Å²) in [5.74, 6) is 0.0112. The fourth-order valence-corrected chi connectivity index (χ4v) is 2.16. The van der Waals surface area contributed by atoms with E-state index in [-0.39, 0.29) is 11.7 Å².